The number of nitrogens with zero attached hydrogens (tertiary/aromatic N) is 2. The number of methoxy groups -OCH3 is 1. The SMILES string of the molecule is COc1ccc(OCC#N)c(-c2nc3ccccc3c(=O)[nH]2)c1. The summed E-state index contributed by atoms with van der Waals surface area (Å²) < 4.78 is 10.6. The van der Waals surface area contributed by atoms with Crippen LogP contribution in [0.15, 0.2) is 47.3 Å². The van der Waals surface area contributed by atoms with Gasteiger partial charge in [-0.3, -0.25) is 4.79 Å². The van der Waals surface area contributed by atoms with Gasteiger partial charge in [0.2, 0.25) is 0 Å². The highest BCUT2D eigenvalue weighted by Gasteiger charge is 2.12. The van der Waals surface area contributed by atoms with Crippen molar-refractivity contribution in [1.29, 1.82) is 5.26 Å². The topological polar surface area (TPSA) is 88.0 Å². The lowest BCUT2D eigenvalue weighted by Gasteiger charge is -2.11. The molecule has 2 aromatic carbocycles. The molecule has 0 aliphatic heterocycles. The predicted molar refractivity (Wildman–Crippen MR) is 85.5 cm³/mol. The van der Waals surface area contributed by atoms with Gasteiger partial charge >= 0.3 is 0 Å². The van der Waals surface area contributed by atoms with E-state index in [2.05, 4.69) is 9.97 Å². The van der Waals surface area contributed by atoms with Gasteiger partial charge in [0, 0.05) is 0 Å². The molecule has 6 heteroatoms. The van der Waals surface area contributed by atoms with Gasteiger partial charge < -0.3 is 14.5 Å². The van der Waals surface area contributed by atoms with E-state index < -0.39 is 0 Å². The molecule has 0 aliphatic carbocycles. The van der Waals surface area contributed by atoms with Gasteiger partial charge in [-0.15, -0.1) is 0 Å². The first-order valence-corrected chi connectivity index (χ1v) is 6.90. The van der Waals surface area contributed by atoms with Crippen molar-refractivity contribution in [2.75, 3.05) is 13.7 Å². The first-order chi connectivity index (χ1) is 11.2. The molecule has 0 amide bonds. The van der Waals surface area contributed by atoms with Gasteiger partial charge in [-0.25, -0.2) is 4.98 Å². The molecule has 1 heterocycles. The van der Waals surface area contributed by atoms with Crippen molar-refractivity contribution in [2.45, 2.75) is 0 Å². The fourth-order valence-corrected chi connectivity index (χ4v) is 2.27. The Morgan fingerprint density at radius 2 is 2.09 bits per heavy atom. The molecule has 0 radical (unpaired) electrons. The van der Waals surface area contributed by atoms with Crippen LogP contribution in [-0.4, -0.2) is 23.7 Å². The molecule has 1 aromatic heterocycles. The van der Waals surface area contributed by atoms with Crippen LogP contribution in [0, 0.1) is 11.3 Å². The zero-order valence-corrected chi connectivity index (χ0v) is 12.4. The maximum absolute atomic E-state index is 12.2. The summed E-state index contributed by atoms with van der Waals surface area (Å²) in [5.41, 5.74) is 0.905. The van der Waals surface area contributed by atoms with Gasteiger partial charge in [-0.05, 0) is 30.3 Å². The number of H-pyrrole nitrogens is 1. The molecule has 6 nitrogen and oxygen atoms in total. The minimum Gasteiger partial charge on any atom is -0.497 e. The summed E-state index contributed by atoms with van der Waals surface area (Å²) in [6.45, 7) is -0.100. The van der Waals surface area contributed by atoms with E-state index in [0.717, 1.165) is 0 Å². The second-order valence-corrected chi connectivity index (χ2v) is 4.74. The normalized spacial score (nSPS) is 10.3. The number of ether oxygens (including phenoxy) is 2. The Balaban J connectivity index is 2.20. The molecule has 0 aliphatic rings. The molecule has 114 valence electrons. The van der Waals surface area contributed by atoms with Gasteiger partial charge in [0.1, 0.15) is 23.4 Å². The highest BCUT2D eigenvalue weighted by molar-refractivity contribution is 5.80. The average molecular weight is 307 g/mol. The van der Waals surface area contributed by atoms with Crippen molar-refractivity contribution < 1.29 is 9.47 Å². The second-order valence-electron chi connectivity index (χ2n) is 4.74. The van der Waals surface area contributed by atoms with Crippen molar-refractivity contribution in [1.82, 2.24) is 9.97 Å². The Morgan fingerprint density at radius 3 is 2.87 bits per heavy atom. The number of hydrogen-bond donors (Lipinski definition) is 1. The van der Waals surface area contributed by atoms with E-state index in [1.807, 2.05) is 12.1 Å². The van der Waals surface area contributed by atoms with Crippen LogP contribution in [0.3, 0.4) is 0 Å². The maximum Gasteiger partial charge on any atom is 0.259 e. The average Bonchev–Trinajstić information content (AvgIpc) is 2.59. The smallest absolute Gasteiger partial charge is 0.259 e. The fourth-order valence-electron chi connectivity index (χ4n) is 2.27. The summed E-state index contributed by atoms with van der Waals surface area (Å²) in [5, 5.41) is 9.21. The summed E-state index contributed by atoms with van der Waals surface area (Å²) >= 11 is 0. The van der Waals surface area contributed by atoms with E-state index in [9.17, 15) is 4.79 Å². The largest absolute Gasteiger partial charge is 0.497 e. The molecule has 3 aromatic rings. The van der Waals surface area contributed by atoms with E-state index in [0.29, 0.717) is 33.8 Å². The third-order valence-corrected chi connectivity index (χ3v) is 3.35. The monoisotopic (exact) mass is 307 g/mol. The third kappa shape index (κ3) is 2.85. The minimum atomic E-state index is -0.236. The van der Waals surface area contributed by atoms with E-state index in [1.54, 1.807) is 43.5 Å². The lowest BCUT2D eigenvalue weighted by molar-refractivity contribution is 0.367. The first-order valence-electron chi connectivity index (χ1n) is 6.90. The standard InChI is InChI=1S/C17H13N3O3/c1-22-11-6-7-15(23-9-8-18)13(10-11)16-19-14-5-3-2-4-12(14)17(21)20-16/h2-7,10H,9H2,1H3,(H,19,20,21). The van der Waals surface area contributed by atoms with E-state index in [-0.39, 0.29) is 12.2 Å². The number of nitrogens with one attached hydrogen (secondary N) is 1. The first kappa shape index (κ1) is 14.6. The fraction of sp³-hybridized carbons (Fsp3) is 0.118. The van der Waals surface area contributed by atoms with Crippen LogP contribution < -0.4 is 15.0 Å². The van der Waals surface area contributed by atoms with Gasteiger partial charge in [-0.2, -0.15) is 5.26 Å². The number of aromatic nitrogens is 2. The molecule has 23 heavy (non-hydrogen) atoms. The summed E-state index contributed by atoms with van der Waals surface area (Å²) in [4.78, 5) is 19.5. The molecule has 0 fully saturated rings. The Hall–Kier alpha value is -3.33. The molecular formula is C17H13N3O3. The quantitative estimate of drug-likeness (QED) is 0.800. The molecule has 1 N–H and O–H groups in total. The van der Waals surface area contributed by atoms with Crippen LogP contribution in [0.4, 0.5) is 0 Å². The highest BCUT2D eigenvalue weighted by atomic mass is 16.5. The maximum atomic E-state index is 12.2. The van der Waals surface area contributed by atoms with Crippen LogP contribution >= 0.6 is 0 Å². The third-order valence-electron chi connectivity index (χ3n) is 3.35. The Morgan fingerprint density at radius 1 is 1.26 bits per heavy atom. The number of nitriles is 1. The molecule has 0 saturated heterocycles. The molecule has 3 rings (SSSR count). The zero-order valence-electron chi connectivity index (χ0n) is 12.4. The van der Waals surface area contributed by atoms with Crippen molar-refractivity contribution >= 4 is 10.9 Å². The lowest BCUT2D eigenvalue weighted by Crippen LogP contribution is -2.10. The van der Waals surface area contributed by atoms with Gasteiger partial charge in [0.15, 0.2) is 6.61 Å². The predicted octanol–water partition coefficient (Wildman–Crippen LogP) is 2.50. The number of aromatic amines is 1. The Bertz CT molecular complexity index is 957. The molecular weight excluding hydrogens is 294 g/mol. The zero-order chi connectivity index (χ0) is 16.2. The summed E-state index contributed by atoms with van der Waals surface area (Å²) in [6, 6.07) is 14.1. The number of rotatable bonds is 4. The van der Waals surface area contributed by atoms with Crippen LogP contribution in [0.5, 0.6) is 11.5 Å². The van der Waals surface area contributed by atoms with Crippen molar-refractivity contribution in [3.05, 3.63) is 52.8 Å². The molecule has 0 spiro atoms. The number of benzene rings is 2. The molecule has 0 unspecified atom stereocenters. The van der Waals surface area contributed by atoms with Gasteiger partial charge in [-0.1, -0.05) is 12.1 Å². The summed E-state index contributed by atoms with van der Waals surface area (Å²) in [7, 11) is 1.55. The van der Waals surface area contributed by atoms with Crippen LogP contribution in [0.25, 0.3) is 22.3 Å². The summed E-state index contributed by atoms with van der Waals surface area (Å²) in [5.74, 6) is 1.41. The number of fused-ring (bicyclic) bond motifs is 1. The minimum absolute atomic E-state index is 0.100. The van der Waals surface area contributed by atoms with Crippen LogP contribution in [-0.2, 0) is 0 Å². The second kappa shape index (κ2) is 6.20. The van der Waals surface area contributed by atoms with Gasteiger partial charge in [0.05, 0.1) is 23.6 Å². The molecule has 0 atom stereocenters. The van der Waals surface area contributed by atoms with Crippen molar-refractivity contribution in [3.8, 4) is 29.0 Å². The Kier molecular flexibility index (Phi) is 3.93. The highest BCUT2D eigenvalue weighted by Crippen LogP contribution is 2.31. The van der Waals surface area contributed by atoms with Crippen molar-refractivity contribution in [3.63, 3.8) is 0 Å². The summed E-state index contributed by atoms with van der Waals surface area (Å²) in [6.07, 6.45) is 0. The van der Waals surface area contributed by atoms with Crippen molar-refractivity contribution in [2.24, 2.45) is 0 Å². The molecule has 0 bridgehead atoms. The van der Waals surface area contributed by atoms with Gasteiger partial charge in [0.25, 0.3) is 5.56 Å². The van der Waals surface area contributed by atoms with E-state index in [4.69, 9.17) is 14.7 Å². The lowest BCUT2D eigenvalue weighted by atomic mass is 10.1. The van der Waals surface area contributed by atoms with E-state index in [1.165, 1.54) is 0 Å². The Labute approximate surface area is 131 Å². The number of para-hydroxylation sites is 1. The van der Waals surface area contributed by atoms with Crippen LogP contribution in [0.1, 0.15) is 0 Å². The van der Waals surface area contributed by atoms with E-state index >= 15 is 0 Å². The number of hydrogen-bond acceptors (Lipinski definition) is 5. The van der Waals surface area contributed by atoms with Crippen LogP contribution in [0.2, 0.25) is 0 Å². The molecule has 0 saturated carbocycles.